The van der Waals surface area contributed by atoms with Gasteiger partial charge in [-0.2, -0.15) is 0 Å². The van der Waals surface area contributed by atoms with Gasteiger partial charge in [0.25, 0.3) is 5.89 Å². The predicted octanol–water partition coefficient (Wildman–Crippen LogP) is 2.39. The monoisotopic (exact) mass is 368 g/mol. The Hall–Kier alpha value is -1.58. The molecule has 2 N–H and O–H groups in total. The van der Waals surface area contributed by atoms with Gasteiger partial charge in [0, 0.05) is 0 Å². The molecule has 0 fully saturated rings. The second-order valence-corrected chi connectivity index (χ2v) is 7.59. The lowest BCUT2D eigenvalue weighted by Crippen LogP contribution is -2.29. The van der Waals surface area contributed by atoms with E-state index in [9.17, 15) is 0 Å². The van der Waals surface area contributed by atoms with E-state index < -0.39 is 5.54 Å². The number of nitrogens with two attached hydrogens (primary N) is 1. The number of halogens is 1. The third-order valence-electron chi connectivity index (χ3n) is 2.75. The lowest BCUT2D eigenvalue weighted by molar-refractivity contribution is 0.470. The summed E-state index contributed by atoms with van der Waals surface area (Å²) < 4.78 is 8.28. The fraction of sp³-hybridized carbons (Fsp3) is 0.333. The first-order valence-electron chi connectivity index (χ1n) is 6.19. The summed E-state index contributed by atoms with van der Waals surface area (Å²) in [5.74, 6) is 0.973. The number of nitrogens with zero attached hydrogens (tertiary/aromatic N) is 5. The Morgan fingerprint density at radius 2 is 2.14 bits per heavy atom. The summed E-state index contributed by atoms with van der Waals surface area (Å²) in [6.45, 7) is 4.12. The van der Waals surface area contributed by atoms with Gasteiger partial charge in [-0.25, -0.2) is 4.68 Å². The van der Waals surface area contributed by atoms with Gasteiger partial charge in [-0.3, -0.25) is 0 Å². The van der Waals surface area contributed by atoms with Gasteiger partial charge in [0.15, 0.2) is 0 Å². The predicted molar refractivity (Wildman–Crippen MR) is 81.6 cm³/mol. The van der Waals surface area contributed by atoms with Crippen LogP contribution in [0.3, 0.4) is 0 Å². The molecule has 21 heavy (non-hydrogen) atoms. The van der Waals surface area contributed by atoms with E-state index in [1.54, 1.807) is 10.9 Å². The number of rotatable bonds is 4. The quantitative estimate of drug-likeness (QED) is 0.759. The molecule has 3 heterocycles. The summed E-state index contributed by atoms with van der Waals surface area (Å²) >= 11 is 4.94. The van der Waals surface area contributed by atoms with Crippen molar-refractivity contribution in [3.8, 4) is 10.8 Å². The molecule has 0 saturated carbocycles. The molecular formula is C12H13BrN6OS. The SMILES string of the molecule is CC(C)(N)c1cn(Cc2nnc(-c3ccc(Br)s3)o2)nn1. The van der Waals surface area contributed by atoms with Gasteiger partial charge in [-0.1, -0.05) is 5.21 Å². The smallest absolute Gasteiger partial charge is 0.257 e. The van der Waals surface area contributed by atoms with Crippen LogP contribution in [-0.2, 0) is 12.1 Å². The van der Waals surface area contributed by atoms with E-state index in [4.69, 9.17) is 10.2 Å². The van der Waals surface area contributed by atoms with E-state index in [0.29, 0.717) is 24.0 Å². The Kier molecular flexibility index (Phi) is 3.64. The largest absolute Gasteiger partial charge is 0.418 e. The van der Waals surface area contributed by atoms with Crippen LogP contribution in [0.4, 0.5) is 0 Å². The van der Waals surface area contributed by atoms with Crippen molar-refractivity contribution < 1.29 is 4.42 Å². The van der Waals surface area contributed by atoms with Crippen LogP contribution in [0.25, 0.3) is 10.8 Å². The van der Waals surface area contributed by atoms with Crippen molar-refractivity contribution in [2.75, 3.05) is 0 Å². The van der Waals surface area contributed by atoms with Crippen molar-refractivity contribution in [3.63, 3.8) is 0 Å². The fourth-order valence-electron chi connectivity index (χ4n) is 1.66. The maximum absolute atomic E-state index is 5.98. The van der Waals surface area contributed by atoms with Crippen molar-refractivity contribution >= 4 is 27.3 Å². The summed E-state index contributed by atoms with van der Waals surface area (Å²) in [7, 11) is 0. The summed E-state index contributed by atoms with van der Waals surface area (Å²) in [6.07, 6.45) is 1.78. The highest BCUT2D eigenvalue weighted by Crippen LogP contribution is 2.30. The summed E-state index contributed by atoms with van der Waals surface area (Å²) in [5.41, 5.74) is 6.16. The molecule has 0 aromatic carbocycles. The molecule has 7 nitrogen and oxygen atoms in total. The maximum atomic E-state index is 5.98. The molecule has 0 aliphatic rings. The first kappa shape index (κ1) is 14.4. The highest BCUT2D eigenvalue weighted by atomic mass is 79.9. The van der Waals surface area contributed by atoms with Crippen LogP contribution in [0.5, 0.6) is 0 Å². The van der Waals surface area contributed by atoms with E-state index in [2.05, 4.69) is 36.4 Å². The minimum atomic E-state index is -0.526. The minimum Gasteiger partial charge on any atom is -0.418 e. The molecule has 3 rings (SSSR count). The Labute approximate surface area is 133 Å². The molecule has 0 radical (unpaired) electrons. The zero-order valence-electron chi connectivity index (χ0n) is 11.4. The fourth-order valence-corrected chi connectivity index (χ4v) is 2.96. The maximum Gasteiger partial charge on any atom is 0.257 e. The second-order valence-electron chi connectivity index (χ2n) is 5.13. The number of thiophene rings is 1. The third kappa shape index (κ3) is 3.20. The lowest BCUT2D eigenvalue weighted by Gasteiger charge is -2.13. The minimum absolute atomic E-state index is 0.364. The van der Waals surface area contributed by atoms with Gasteiger partial charge in [0.1, 0.15) is 12.2 Å². The number of hydrogen-bond donors (Lipinski definition) is 1. The van der Waals surface area contributed by atoms with E-state index in [1.165, 1.54) is 11.3 Å². The van der Waals surface area contributed by atoms with Gasteiger partial charge in [0.2, 0.25) is 5.89 Å². The topological polar surface area (TPSA) is 95.7 Å². The van der Waals surface area contributed by atoms with Crippen molar-refractivity contribution in [1.29, 1.82) is 0 Å². The molecule has 3 aromatic heterocycles. The van der Waals surface area contributed by atoms with Crippen molar-refractivity contribution in [1.82, 2.24) is 25.2 Å². The Balaban J connectivity index is 1.77. The van der Waals surface area contributed by atoms with Crippen LogP contribution in [0.15, 0.2) is 26.5 Å². The number of aromatic nitrogens is 5. The van der Waals surface area contributed by atoms with Gasteiger partial charge in [-0.05, 0) is 41.9 Å². The average Bonchev–Trinajstić information content (AvgIpc) is 3.08. The molecule has 0 amide bonds. The number of hydrogen-bond acceptors (Lipinski definition) is 7. The first-order valence-corrected chi connectivity index (χ1v) is 7.80. The Morgan fingerprint density at radius 1 is 1.33 bits per heavy atom. The second kappa shape index (κ2) is 5.32. The third-order valence-corrected chi connectivity index (χ3v) is 4.36. The van der Waals surface area contributed by atoms with Crippen LogP contribution < -0.4 is 5.73 Å². The molecular weight excluding hydrogens is 356 g/mol. The van der Waals surface area contributed by atoms with Crippen molar-refractivity contribution in [2.24, 2.45) is 5.73 Å². The standard InChI is InChI=1S/C12H13BrN6OS/c1-12(2,14)8-5-19(18-15-8)6-10-16-17-11(20-10)7-3-4-9(13)21-7/h3-5H,6,14H2,1-2H3. The summed E-state index contributed by atoms with van der Waals surface area (Å²) in [6, 6.07) is 3.87. The zero-order chi connectivity index (χ0) is 15.0. The van der Waals surface area contributed by atoms with Crippen LogP contribution in [0.2, 0.25) is 0 Å². The van der Waals surface area contributed by atoms with Gasteiger partial charge >= 0.3 is 0 Å². The molecule has 0 saturated heterocycles. The Bertz CT molecular complexity index is 756. The van der Waals surface area contributed by atoms with Crippen molar-refractivity contribution in [3.05, 3.63) is 33.7 Å². The molecule has 0 aliphatic carbocycles. The summed E-state index contributed by atoms with van der Waals surface area (Å²) in [5, 5.41) is 16.1. The molecule has 3 aromatic rings. The molecule has 110 valence electrons. The molecule has 0 unspecified atom stereocenters. The first-order chi connectivity index (χ1) is 9.91. The van der Waals surface area contributed by atoms with E-state index in [0.717, 1.165) is 8.66 Å². The van der Waals surface area contributed by atoms with Gasteiger partial charge in [-0.15, -0.1) is 26.6 Å². The molecule has 0 bridgehead atoms. The lowest BCUT2D eigenvalue weighted by atomic mass is 10.0. The van der Waals surface area contributed by atoms with E-state index in [1.807, 2.05) is 26.0 Å². The van der Waals surface area contributed by atoms with Gasteiger partial charge < -0.3 is 10.2 Å². The highest BCUT2D eigenvalue weighted by molar-refractivity contribution is 9.11. The zero-order valence-corrected chi connectivity index (χ0v) is 13.8. The summed E-state index contributed by atoms with van der Waals surface area (Å²) in [4.78, 5) is 0.919. The van der Waals surface area contributed by atoms with Gasteiger partial charge in [0.05, 0.1) is 20.4 Å². The molecule has 0 atom stereocenters. The molecule has 0 aliphatic heterocycles. The van der Waals surface area contributed by atoms with E-state index >= 15 is 0 Å². The molecule has 0 spiro atoms. The van der Waals surface area contributed by atoms with E-state index in [-0.39, 0.29) is 0 Å². The normalized spacial score (nSPS) is 12.0. The van der Waals surface area contributed by atoms with Crippen LogP contribution in [0, 0.1) is 0 Å². The molecule has 9 heteroatoms. The highest BCUT2D eigenvalue weighted by Gasteiger charge is 2.19. The van der Waals surface area contributed by atoms with Crippen LogP contribution in [0.1, 0.15) is 25.4 Å². The van der Waals surface area contributed by atoms with Crippen LogP contribution in [-0.4, -0.2) is 25.2 Å². The Morgan fingerprint density at radius 3 is 2.76 bits per heavy atom. The average molecular weight is 369 g/mol. The van der Waals surface area contributed by atoms with Crippen LogP contribution >= 0.6 is 27.3 Å². The van der Waals surface area contributed by atoms with Crippen molar-refractivity contribution in [2.45, 2.75) is 25.9 Å².